The Labute approximate surface area is 195 Å². The summed E-state index contributed by atoms with van der Waals surface area (Å²) in [5.41, 5.74) is 1.38. The molecule has 1 aliphatic carbocycles. The highest BCUT2D eigenvalue weighted by Crippen LogP contribution is 2.50. The number of nitrogens with one attached hydrogen (secondary N) is 2. The number of amides is 2. The maximum absolute atomic E-state index is 13.2. The maximum Gasteiger partial charge on any atom is 0.412 e. The molecule has 2 bridgehead atoms. The van der Waals surface area contributed by atoms with Gasteiger partial charge in [0, 0.05) is 25.2 Å². The van der Waals surface area contributed by atoms with Crippen molar-refractivity contribution in [2.75, 3.05) is 25.5 Å². The van der Waals surface area contributed by atoms with Crippen molar-refractivity contribution in [3.05, 3.63) is 59.7 Å². The lowest BCUT2D eigenvalue weighted by Gasteiger charge is -2.42. The van der Waals surface area contributed by atoms with Crippen LogP contribution in [0.2, 0.25) is 0 Å². The van der Waals surface area contributed by atoms with Gasteiger partial charge in [-0.15, -0.1) is 0 Å². The Kier molecular flexibility index (Phi) is 6.34. The molecule has 3 aliphatic rings. The van der Waals surface area contributed by atoms with Crippen molar-refractivity contribution in [1.29, 1.82) is 0 Å². The van der Waals surface area contributed by atoms with Gasteiger partial charge >= 0.3 is 6.09 Å². The second-order valence-corrected chi connectivity index (χ2v) is 10.1. The maximum atomic E-state index is 13.2. The van der Waals surface area contributed by atoms with Crippen LogP contribution in [0.3, 0.4) is 0 Å². The highest BCUT2D eigenvalue weighted by Gasteiger charge is 2.55. The van der Waals surface area contributed by atoms with E-state index >= 15 is 0 Å². The van der Waals surface area contributed by atoms with Crippen LogP contribution in [0.25, 0.3) is 0 Å². The van der Waals surface area contributed by atoms with Crippen molar-refractivity contribution in [2.24, 2.45) is 5.92 Å². The van der Waals surface area contributed by atoms with Gasteiger partial charge in [-0.1, -0.05) is 30.3 Å². The smallest absolute Gasteiger partial charge is 0.412 e. The van der Waals surface area contributed by atoms with Crippen LogP contribution in [0.1, 0.15) is 49.5 Å². The lowest BCUT2D eigenvalue weighted by molar-refractivity contribution is 0.0636. The Hall–Kier alpha value is -3.06. The Morgan fingerprint density at radius 1 is 1.12 bits per heavy atom. The number of anilines is 1. The molecule has 176 valence electrons. The Morgan fingerprint density at radius 2 is 1.85 bits per heavy atom. The SMILES string of the molecule is COc1ccc(NC(=O)OC(C)(C)C)c(C(=O)NCC23CC(CN2Cc2ccccc2)C3)c1. The molecule has 7 nitrogen and oxygen atoms in total. The van der Waals surface area contributed by atoms with Gasteiger partial charge in [0.15, 0.2) is 0 Å². The van der Waals surface area contributed by atoms with Gasteiger partial charge in [-0.25, -0.2) is 4.79 Å². The average Bonchev–Trinajstić information content (AvgIpc) is 3.25. The molecule has 33 heavy (non-hydrogen) atoms. The summed E-state index contributed by atoms with van der Waals surface area (Å²) >= 11 is 0. The van der Waals surface area contributed by atoms with E-state index in [4.69, 9.17) is 9.47 Å². The fraction of sp³-hybridized carbons (Fsp3) is 0.462. The van der Waals surface area contributed by atoms with Crippen LogP contribution >= 0.6 is 0 Å². The zero-order valence-corrected chi connectivity index (χ0v) is 19.8. The van der Waals surface area contributed by atoms with Crippen LogP contribution in [-0.4, -0.2) is 48.2 Å². The minimum absolute atomic E-state index is 0.00616. The predicted molar refractivity (Wildman–Crippen MR) is 127 cm³/mol. The van der Waals surface area contributed by atoms with Crippen molar-refractivity contribution in [3.8, 4) is 5.75 Å². The molecule has 2 aromatic carbocycles. The number of hydrogen-bond acceptors (Lipinski definition) is 5. The lowest BCUT2D eigenvalue weighted by Crippen LogP contribution is -2.53. The summed E-state index contributed by atoms with van der Waals surface area (Å²) in [4.78, 5) is 28.0. The van der Waals surface area contributed by atoms with Gasteiger partial charge in [-0.05, 0) is 63.3 Å². The molecule has 2 aromatic rings. The largest absolute Gasteiger partial charge is 0.497 e. The van der Waals surface area contributed by atoms with E-state index in [-0.39, 0.29) is 11.4 Å². The summed E-state index contributed by atoms with van der Waals surface area (Å²) in [5.74, 6) is 1.000. The zero-order chi connectivity index (χ0) is 23.6. The van der Waals surface area contributed by atoms with Crippen LogP contribution in [-0.2, 0) is 11.3 Å². The molecule has 2 heterocycles. The molecule has 2 N–H and O–H groups in total. The second-order valence-electron chi connectivity index (χ2n) is 10.1. The van der Waals surface area contributed by atoms with E-state index in [0.29, 0.717) is 29.5 Å². The molecule has 1 saturated carbocycles. The Balaban J connectivity index is 1.45. The number of ether oxygens (including phenoxy) is 2. The molecule has 3 fully saturated rings. The third-order valence-electron chi connectivity index (χ3n) is 6.39. The van der Waals surface area contributed by atoms with Gasteiger partial charge in [0.05, 0.1) is 18.4 Å². The van der Waals surface area contributed by atoms with E-state index in [1.807, 2.05) is 6.07 Å². The number of benzene rings is 2. The number of carbonyl (C=O) groups excluding carboxylic acids is 2. The molecular weight excluding hydrogens is 418 g/mol. The topological polar surface area (TPSA) is 79.9 Å². The molecular formula is C26H33N3O4. The molecule has 0 atom stereocenters. The van der Waals surface area contributed by atoms with Crippen molar-refractivity contribution in [1.82, 2.24) is 10.2 Å². The van der Waals surface area contributed by atoms with Crippen LogP contribution in [0.15, 0.2) is 48.5 Å². The highest BCUT2D eigenvalue weighted by molar-refractivity contribution is 6.03. The second kappa shape index (κ2) is 9.06. The lowest BCUT2D eigenvalue weighted by atomic mass is 9.73. The van der Waals surface area contributed by atoms with E-state index in [0.717, 1.165) is 25.9 Å². The summed E-state index contributed by atoms with van der Waals surface area (Å²) < 4.78 is 10.7. The number of hydrogen-bond donors (Lipinski definition) is 2. The Bertz CT molecular complexity index is 1010. The standard InChI is InChI=1S/C26H33N3O4/c1-25(2,3)33-24(31)28-22-11-10-20(32-4)12-21(22)23(30)27-17-26-13-19(14-26)16-29(26)15-18-8-6-5-7-9-18/h5-12,19H,13-17H2,1-4H3,(H,27,30)(H,28,31). The number of rotatable bonds is 7. The molecule has 0 aromatic heterocycles. The van der Waals surface area contributed by atoms with Gasteiger partial charge < -0.3 is 14.8 Å². The zero-order valence-electron chi connectivity index (χ0n) is 19.8. The molecule has 0 unspecified atom stereocenters. The van der Waals surface area contributed by atoms with Gasteiger partial charge in [0.1, 0.15) is 11.4 Å². The van der Waals surface area contributed by atoms with Gasteiger partial charge in [-0.2, -0.15) is 0 Å². The van der Waals surface area contributed by atoms with E-state index in [9.17, 15) is 9.59 Å². The third-order valence-corrected chi connectivity index (χ3v) is 6.39. The molecule has 0 radical (unpaired) electrons. The van der Waals surface area contributed by atoms with Crippen LogP contribution in [0, 0.1) is 5.92 Å². The first-order chi connectivity index (χ1) is 15.7. The van der Waals surface area contributed by atoms with E-state index in [1.54, 1.807) is 46.1 Å². The van der Waals surface area contributed by atoms with E-state index in [2.05, 4.69) is 39.8 Å². The quantitative estimate of drug-likeness (QED) is 0.651. The highest BCUT2D eigenvalue weighted by atomic mass is 16.6. The minimum Gasteiger partial charge on any atom is -0.497 e. The molecule has 5 rings (SSSR count). The molecule has 0 spiro atoms. The minimum atomic E-state index is -0.635. The van der Waals surface area contributed by atoms with Crippen LogP contribution < -0.4 is 15.4 Å². The van der Waals surface area contributed by atoms with Gasteiger partial charge in [0.25, 0.3) is 5.91 Å². The molecule has 2 amide bonds. The molecule has 7 heteroatoms. The third kappa shape index (κ3) is 5.30. The monoisotopic (exact) mass is 451 g/mol. The summed E-state index contributed by atoms with van der Waals surface area (Å²) in [6.07, 6.45) is 1.59. The average molecular weight is 452 g/mol. The summed E-state index contributed by atoms with van der Waals surface area (Å²) in [7, 11) is 1.55. The first-order valence-corrected chi connectivity index (χ1v) is 11.4. The van der Waals surface area contributed by atoms with E-state index in [1.165, 1.54) is 5.56 Å². The van der Waals surface area contributed by atoms with Crippen molar-refractivity contribution in [2.45, 2.75) is 51.3 Å². The van der Waals surface area contributed by atoms with Gasteiger partial charge in [-0.3, -0.25) is 15.0 Å². The number of methoxy groups -OCH3 is 1. The normalized spacial score (nSPS) is 21.8. The summed E-state index contributed by atoms with van der Waals surface area (Å²) in [6, 6.07) is 15.4. The first-order valence-electron chi connectivity index (χ1n) is 11.4. The summed E-state index contributed by atoms with van der Waals surface area (Å²) in [5, 5.41) is 5.82. The van der Waals surface area contributed by atoms with Gasteiger partial charge in [0.2, 0.25) is 0 Å². The molecule has 2 saturated heterocycles. The van der Waals surface area contributed by atoms with E-state index < -0.39 is 11.7 Å². The Morgan fingerprint density at radius 3 is 2.52 bits per heavy atom. The number of fused-ring (bicyclic) bond motifs is 1. The van der Waals surface area contributed by atoms with Crippen LogP contribution in [0.5, 0.6) is 5.75 Å². The first kappa shape index (κ1) is 23.1. The fourth-order valence-corrected chi connectivity index (χ4v) is 4.90. The molecule has 2 aliphatic heterocycles. The van der Waals surface area contributed by atoms with Crippen molar-refractivity contribution >= 4 is 17.7 Å². The van der Waals surface area contributed by atoms with Crippen molar-refractivity contribution < 1.29 is 19.1 Å². The van der Waals surface area contributed by atoms with Crippen LogP contribution in [0.4, 0.5) is 10.5 Å². The predicted octanol–water partition coefficient (Wildman–Crippen LogP) is 4.44. The van der Waals surface area contributed by atoms with Crippen molar-refractivity contribution in [3.63, 3.8) is 0 Å². The summed E-state index contributed by atoms with van der Waals surface area (Å²) in [6.45, 7) is 7.90. The number of nitrogens with zero attached hydrogens (tertiary/aromatic N) is 1. The number of carbonyl (C=O) groups is 2. The fourth-order valence-electron chi connectivity index (χ4n) is 4.90.